The molecule has 0 aliphatic heterocycles. The van der Waals surface area contributed by atoms with E-state index in [2.05, 4.69) is 14.7 Å². The largest absolute Gasteiger partial charge is 0.465 e. The Morgan fingerprint density at radius 1 is 1.09 bits per heavy atom. The fourth-order valence-corrected chi connectivity index (χ4v) is 2.73. The van der Waals surface area contributed by atoms with Gasteiger partial charge in [0.2, 0.25) is 0 Å². The fourth-order valence-electron chi connectivity index (χ4n) is 1.74. The van der Waals surface area contributed by atoms with Gasteiger partial charge in [-0.05, 0) is 17.7 Å². The van der Waals surface area contributed by atoms with Gasteiger partial charge in [-0.1, -0.05) is 42.5 Å². The average Bonchev–Trinajstić information content (AvgIpc) is 2.55. The molecule has 0 saturated carbocycles. The number of nitrogens with zero attached hydrogens (tertiary/aromatic N) is 1. The Morgan fingerprint density at radius 3 is 2.41 bits per heavy atom. The van der Waals surface area contributed by atoms with E-state index in [1.54, 1.807) is 18.2 Å². The lowest BCUT2D eigenvalue weighted by molar-refractivity contribution is 0.0596. The molecule has 0 heterocycles. The van der Waals surface area contributed by atoms with Crippen LogP contribution in [0.2, 0.25) is 0 Å². The number of nitrogens with one attached hydrogen (secondary N) is 1. The number of ether oxygens (including phenoxy) is 1. The van der Waals surface area contributed by atoms with Crippen molar-refractivity contribution in [2.45, 2.75) is 4.90 Å². The Balaban J connectivity index is 2.25. The van der Waals surface area contributed by atoms with Crippen molar-refractivity contribution in [1.29, 1.82) is 0 Å². The molecule has 0 amide bonds. The zero-order valence-electron chi connectivity index (χ0n) is 11.8. The maximum Gasteiger partial charge on any atom is 0.339 e. The summed E-state index contributed by atoms with van der Waals surface area (Å²) in [5.74, 6) is -0.729. The first kappa shape index (κ1) is 15.7. The molecule has 0 bridgehead atoms. The molecule has 0 aromatic heterocycles. The van der Waals surface area contributed by atoms with Crippen molar-refractivity contribution in [3.05, 3.63) is 65.7 Å². The topological polar surface area (TPSA) is 84.8 Å². The number of sulfonamides is 1. The summed E-state index contributed by atoms with van der Waals surface area (Å²) < 4.78 is 29.0. The van der Waals surface area contributed by atoms with Gasteiger partial charge in [-0.15, -0.1) is 0 Å². The minimum Gasteiger partial charge on any atom is -0.465 e. The van der Waals surface area contributed by atoms with Crippen LogP contribution in [0.15, 0.2) is 64.6 Å². The number of hydrogen-bond acceptors (Lipinski definition) is 5. The van der Waals surface area contributed by atoms with Crippen LogP contribution in [0.5, 0.6) is 0 Å². The molecule has 0 unspecified atom stereocenters. The minimum absolute atomic E-state index is 0.0487. The van der Waals surface area contributed by atoms with Gasteiger partial charge in [0.1, 0.15) is 4.90 Å². The van der Waals surface area contributed by atoms with Crippen molar-refractivity contribution in [2.75, 3.05) is 7.11 Å². The van der Waals surface area contributed by atoms with Crippen LogP contribution in [-0.2, 0) is 14.8 Å². The van der Waals surface area contributed by atoms with Crippen molar-refractivity contribution in [2.24, 2.45) is 5.10 Å². The molecule has 22 heavy (non-hydrogen) atoms. The third kappa shape index (κ3) is 3.70. The predicted octanol–water partition coefficient (Wildman–Crippen LogP) is 1.79. The molecule has 114 valence electrons. The normalized spacial score (nSPS) is 11.3. The minimum atomic E-state index is -3.96. The molecule has 2 aromatic rings. The van der Waals surface area contributed by atoms with Gasteiger partial charge in [-0.2, -0.15) is 13.5 Å². The van der Waals surface area contributed by atoms with Crippen LogP contribution in [0.1, 0.15) is 15.9 Å². The van der Waals surface area contributed by atoms with E-state index in [0.717, 1.165) is 5.56 Å². The van der Waals surface area contributed by atoms with Gasteiger partial charge in [0.05, 0.1) is 18.9 Å². The van der Waals surface area contributed by atoms with Gasteiger partial charge in [-0.3, -0.25) is 0 Å². The van der Waals surface area contributed by atoms with E-state index in [0.29, 0.717) is 0 Å². The highest BCUT2D eigenvalue weighted by atomic mass is 32.2. The second-order valence-corrected chi connectivity index (χ2v) is 5.88. The third-order valence-corrected chi connectivity index (χ3v) is 4.05. The summed E-state index contributed by atoms with van der Waals surface area (Å²) >= 11 is 0. The van der Waals surface area contributed by atoms with Crippen LogP contribution in [0.4, 0.5) is 0 Å². The van der Waals surface area contributed by atoms with Crippen LogP contribution in [0.3, 0.4) is 0 Å². The molecular weight excluding hydrogens is 304 g/mol. The van der Waals surface area contributed by atoms with Gasteiger partial charge in [0.15, 0.2) is 0 Å². The van der Waals surface area contributed by atoms with Gasteiger partial charge in [-0.25, -0.2) is 9.63 Å². The molecular formula is C15H14N2O4S. The van der Waals surface area contributed by atoms with E-state index in [1.165, 1.54) is 31.5 Å². The number of esters is 1. The average molecular weight is 318 g/mol. The molecule has 7 heteroatoms. The predicted molar refractivity (Wildman–Crippen MR) is 82.1 cm³/mol. The summed E-state index contributed by atoms with van der Waals surface area (Å²) in [5.41, 5.74) is 0.693. The number of rotatable bonds is 5. The van der Waals surface area contributed by atoms with Gasteiger partial charge in [0.25, 0.3) is 10.0 Å². The zero-order valence-corrected chi connectivity index (χ0v) is 12.6. The van der Waals surface area contributed by atoms with Crippen molar-refractivity contribution in [3.8, 4) is 0 Å². The van der Waals surface area contributed by atoms with Gasteiger partial charge >= 0.3 is 5.97 Å². The lowest BCUT2D eigenvalue weighted by Crippen LogP contribution is -2.21. The van der Waals surface area contributed by atoms with E-state index in [-0.39, 0.29) is 10.5 Å². The SMILES string of the molecule is COC(=O)c1ccccc1S(=O)(=O)NN=Cc1ccccc1. The Kier molecular flexibility index (Phi) is 4.90. The Hall–Kier alpha value is -2.67. The first-order valence-corrected chi connectivity index (χ1v) is 7.80. The number of hydrogen-bond donors (Lipinski definition) is 1. The maximum atomic E-state index is 12.2. The summed E-state index contributed by atoms with van der Waals surface area (Å²) in [6.07, 6.45) is 1.37. The van der Waals surface area contributed by atoms with Crippen LogP contribution in [-0.4, -0.2) is 27.7 Å². The highest BCUT2D eigenvalue weighted by Crippen LogP contribution is 2.16. The van der Waals surface area contributed by atoms with Crippen LogP contribution in [0.25, 0.3) is 0 Å². The molecule has 2 aromatic carbocycles. The Bertz CT molecular complexity index is 786. The summed E-state index contributed by atoms with van der Waals surface area (Å²) in [5, 5.41) is 3.70. The third-order valence-electron chi connectivity index (χ3n) is 2.77. The quantitative estimate of drug-likeness (QED) is 0.517. The second kappa shape index (κ2) is 6.86. The highest BCUT2D eigenvalue weighted by molar-refractivity contribution is 7.89. The van der Waals surface area contributed by atoms with Gasteiger partial charge in [0, 0.05) is 0 Å². The molecule has 0 spiro atoms. The Morgan fingerprint density at radius 2 is 1.73 bits per heavy atom. The molecule has 1 N–H and O–H groups in total. The monoisotopic (exact) mass is 318 g/mol. The molecule has 0 radical (unpaired) electrons. The number of carbonyl (C=O) groups excluding carboxylic acids is 1. The summed E-state index contributed by atoms with van der Waals surface area (Å²) in [6.45, 7) is 0. The van der Waals surface area contributed by atoms with Crippen LogP contribution in [0, 0.1) is 0 Å². The maximum absolute atomic E-state index is 12.2. The summed E-state index contributed by atoms with van der Waals surface area (Å²) in [4.78, 5) is 13.5. The molecule has 0 aliphatic rings. The lowest BCUT2D eigenvalue weighted by atomic mass is 10.2. The molecule has 0 fully saturated rings. The Labute approximate surface area is 128 Å². The van der Waals surface area contributed by atoms with E-state index < -0.39 is 16.0 Å². The number of hydrazone groups is 1. The first-order valence-electron chi connectivity index (χ1n) is 6.32. The lowest BCUT2D eigenvalue weighted by Gasteiger charge is -2.07. The number of carbonyl (C=O) groups is 1. The second-order valence-electron chi connectivity index (χ2n) is 4.25. The van der Waals surface area contributed by atoms with E-state index in [1.807, 2.05) is 18.2 Å². The molecule has 0 saturated heterocycles. The zero-order chi connectivity index (χ0) is 16.0. The number of benzene rings is 2. The molecule has 0 atom stereocenters. The smallest absolute Gasteiger partial charge is 0.339 e. The summed E-state index contributed by atoms with van der Waals surface area (Å²) in [6, 6.07) is 14.8. The standard InChI is InChI=1S/C15H14N2O4S/c1-21-15(18)13-9-5-6-10-14(13)22(19,20)17-16-11-12-7-3-2-4-8-12/h2-11,17H,1H3. The van der Waals surface area contributed by atoms with Crippen LogP contribution < -0.4 is 4.83 Å². The van der Waals surface area contributed by atoms with Crippen molar-refractivity contribution < 1.29 is 17.9 Å². The fraction of sp³-hybridized carbons (Fsp3) is 0.0667. The van der Waals surface area contributed by atoms with Crippen LogP contribution >= 0.6 is 0 Å². The summed E-state index contributed by atoms with van der Waals surface area (Å²) in [7, 11) is -2.78. The highest BCUT2D eigenvalue weighted by Gasteiger charge is 2.21. The molecule has 0 aliphatic carbocycles. The van der Waals surface area contributed by atoms with Crippen molar-refractivity contribution in [3.63, 3.8) is 0 Å². The van der Waals surface area contributed by atoms with E-state index in [4.69, 9.17) is 0 Å². The van der Waals surface area contributed by atoms with E-state index >= 15 is 0 Å². The first-order chi connectivity index (χ1) is 10.5. The van der Waals surface area contributed by atoms with E-state index in [9.17, 15) is 13.2 Å². The molecule has 2 rings (SSSR count). The van der Waals surface area contributed by atoms with Crippen molar-refractivity contribution in [1.82, 2.24) is 4.83 Å². The number of methoxy groups -OCH3 is 1. The van der Waals surface area contributed by atoms with Crippen molar-refractivity contribution >= 4 is 22.2 Å². The van der Waals surface area contributed by atoms with Gasteiger partial charge < -0.3 is 4.74 Å². The molecule has 6 nitrogen and oxygen atoms in total.